The maximum Gasteiger partial charge on any atom is 0.191 e. The molecule has 0 unspecified atom stereocenters. The highest BCUT2D eigenvalue weighted by Crippen LogP contribution is 2.26. The smallest absolute Gasteiger partial charge is 0.191 e. The number of carbonyl (C=O) groups is 2. The molecule has 4 rings (SSSR count). The normalized spacial score (nSPS) is 9.20. The number of halogens is 1. The van der Waals surface area contributed by atoms with Crippen LogP contribution >= 0.6 is 70.6 Å². The lowest BCUT2D eigenvalue weighted by Crippen LogP contribution is -2.02. The standard InChI is InChI=1S/C18H18O2S2.C15H14O2.CH3I.CS2/c1-21-18(22-2)12-16(19)15-10-6-7-11-17(15)20-13-14-8-4-3-5-9-14;1-12(16)14-9-5-6-10-15(14)17-11-13-7-3-2-4-8-13;1-2;2-1-3/h3-12H,13H2,1-2H3;2-10H,11H2,1H3;1H3;. The summed E-state index contributed by atoms with van der Waals surface area (Å²) in [7, 11) is 0. The van der Waals surface area contributed by atoms with Crippen molar-refractivity contribution in [2.24, 2.45) is 0 Å². The average Bonchev–Trinajstić information content (AvgIpc) is 3.08. The van der Waals surface area contributed by atoms with Crippen molar-refractivity contribution in [3.05, 3.63) is 142 Å². The summed E-state index contributed by atoms with van der Waals surface area (Å²) in [5.74, 6) is 1.26. The third kappa shape index (κ3) is 15.3. The Kier molecular flexibility index (Phi) is 21.9. The predicted octanol–water partition coefficient (Wildman–Crippen LogP) is 10.6. The minimum absolute atomic E-state index is 0.0219. The number of allylic oxidation sites excluding steroid dienone is 1. The van der Waals surface area contributed by atoms with Crippen LogP contribution in [-0.4, -0.2) is 33.3 Å². The number of hydrogen-bond donors (Lipinski definition) is 0. The Balaban J connectivity index is 0.000000393. The lowest BCUT2D eigenvalue weighted by atomic mass is 10.1. The summed E-state index contributed by atoms with van der Waals surface area (Å²) in [6.45, 7) is 2.47. The van der Waals surface area contributed by atoms with Gasteiger partial charge in [0.25, 0.3) is 0 Å². The van der Waals surface area contributed by atoms with Crippen LogP contribution in [0.25, 0.3) is 0 Å². The van der Waals surface area contributed by atoms with Crippen molar-refractivity contribution in [2.75, 3.05) is 17.4 Å². The molecular formula is C35H35IO4S4. The molecule has 0 heterocycles. The number of benzene rings is 4. The highest BCUT2D eigenvalue weighted by atomic mass is 127. The van der Waals surface area contributed by atoms with Gasteiger partial charge in [0.15, 0.2) is 11.6 Å². The first-order valence-electron chi connectivity index (χ1n) is 13.2. The zero-order chi connectivity index (χ0) is 32.6. The zero-order valence-corrected chi connectivity index (χ0v) is 30.5. The van der Waals surface area contributed by atoms with E-state index in [2.05, 4.69) is 47.0 Å². The summed E-state index contributed by atoms with van der Waals surface area (Å²) in [6.07, 6.45) is 5.60. The lowest BCUT2D eigenvalue weighted by molar-refractivity contribution is 0.101. The molecule has 0 atom stereocenters. The molecule has 0 aliphatic rings. The third-order valence-electron chi connectivity index (χ3n) is 5.54. The molecule has 0 saturated carbocycles. The number of para-hydroxylation sites is 2. The van der Waals surface area contributed by atoms with E-state index in [1.165, 1.54) is 0 Å². The van der Waals surface area contributed by atoms with Crippen molar-refractivity contribution in [3.63, 3.8) is 0 Å². The Hall–Kier alpha value is -2.79. The molecule has 4 nitrogen and oxygen atoms in total. The first-order valence-corrected chi connectivity index (χ1v) is 18.6. The van der Waals surface area contributed by atoms with Gasteiger partial charge in [-0.25, -0.2) is 0 Å². The highest BCUT2D eigenvalue weighted by molar-refractivity contribution is 14.1. The molecule has 0 aromatic heterocycles. The predicted molar refractivity (Wildman–Crippen MR) is 204 cm³/mol. The van der Waals surface area contributed by atoms with E-state index < -0.39 is 0 Å². The van der Waals surface area contributed by atoms with Gasteiger partial charge in [-0.1, -0.05) is 108 Å². The molecule has 0 spiro atoms. The molecule has 0 radical (unpaired) electrons. The fraction of sp³-hybridized carbons (Fsp3) is 0.171. The van der Waals surface area contributed by atoms with E-state index in [4.69, 9.17) is 9.47 Å². The van der Waals surface area contributed by atoms with E-state index >= 15 is 0 Å². The van der Waals surface area contributed by atoms with Gasteiger partial charge in [0.1, 0.15) is 24.7 Å². The molecule has 44 heavy (non-hydrogen) atoms. The van der Waals surface area contributed by atoms with E-state index in [0.717, 1.165) is 15.4 Å². The van der Waals surface area contributed by atoms with E-state index in [1.807, 2.05) is 119 Å². The Morgan fingerprint density at radius 2 is 1.05 bits per heavy atom. The van der Waals surface area contributed by atoms with Gasteiger partial charge in [-0.05, 0) is 84.2 Å². The molecule has 0 saturated heterocycles. The topological polar surface area (TPSA) is 52.6 Å². The largest absolute Gasteiger partial charge is 0.488 e. The van der Waals surface area contributed by atoms with Crippen LogP contribution in [-0.2, 0) is 13.2 Å². The first-order chi connectivity index (χ1) is 21.4. The number of alkyl halides is 1. The van der Waals surface area contributed by atoms with Gasteiger partial charge >= 0.3 is 0 Å². The maximum absolute atomic E-state index is 12.4. The van der Waals surface area contributed by atoms with Crippen molar-refractivity contribution in [1.82, 2.24) is 0 Å². The minimum atomic E-state index is -0.0256. The Morgan fingerprint density at radius 1 is 0.682 bits per heavy atom. The van der Waals surface area contributed by atoms with Gasteiger partial charge in [0.05, 0.1) is 11.1 Å². The van der Waals surface area contributed by atoms with Crippen molar-refractivity contribution in [2.45, 2.75) is 20.1 Å². The SMILES string of the molecule is CC(=O)c1ccccc1OCc1ccccc1.CI.CSC(=CC(=O)c1ccccc1OCc1ccccc1)SC.S=C=S. The van der Waals surface area contributed by atoms with E-state index in [0.29, 0.717) is 35.8 Å². The number of Topliss-reactive ketones (excluding diaryl/α,β-unsaturated/α-hetero) is 1. The molecule has 0 fully saturated rings. The Labute approximate surface area is 294 Å². The first kappa shape index (κ1) is 39.2. The number of hydrogen-bond acceptors (Lipinski definition) is 8. The monoisotopic (exact) mass is 774 g/mol. The number of ketones is 2. The van der Waals surface area contributed by atoms with Crippen LogP contribution in [0.3, 0.4) is 0 Å². The molecule has 230 valence electrons. The molecule has 0 bridgehead atoms. The summed E-state index contributed by atoms with van der Waals surface area (Å²) < 4.78 is 14.4. The van der Waals surface area contributed by atoms with Crippen LogP contribution in [0, 0.1) is 0 Å². The summed E-state index contributed by atoms with van der Waals surface area (Å²) in [5.41, 5.74) is 3.39. The van der Waals surface area contributed by atoms with Crippen molar-refractivity contribution in [3.8, 4) is 11.5 Å². The maximum atomic E-state index is 12.4. The molecule has 0 aliphatic heterocycles. The molecule has 0 amide bonds. The molecule has 0 N–H and O–H groups in total. The van der Waals surface area contributed by atoms with Gasteiger partial charge < -0.3 is 9.47 Å². The van der Waals surface area contributed by atoms with E-state index in [9.17, 15) is 9.59 Å². The van der Waals surface area contributed by atoms with Gasteiger partial charge in [-0.3, -0.25) is 9.59 Å². The summed E-state index contributed by atoms with van der Waals surface area (Å²) >= 11 is 13.2. The van der Waals surface area contributed by atoms with Crippen LogP contribution in [0.15, 0.2) is 120 Å². The fourth-order valence-corrected chi connectivity index (χ4v) is 4.65. The lowest BCUT2D eigenvalue weighted by Gasteiger charge is -2.10. The van der Waals surface area contributed by atoms with Gasteiger partial charge in [0, 0.05) is 14.6 Å². The van der Waals surface area contributed by atoms with Crippen LogP contribution in [0.4, 0.5) is 0 Å². The molecule has 4 aromatic rings. The summed E-state index contributed by atoms with van der Waals surface area (Å²) in [6, 6.07) is 34.5. The van der Waals surface area contributed by atoms with E-state index in [-0.39, 0.29) is 11.6 Å². The highest BCUT2D eigenvalue weighted by Gasteiger charge is 2.11. The van der Waals surface area contributed by atoms with E-state index in [1.54, 1.807) is 48.7 Å². The zero-order valence-electron chi connectivity index (χ0n) is 25.0. The van der Waals surface area contributed by atoms with Crippen molar-refractivity contribution < 1.29 is 19.1 Å². The molecule has 4 aromatic carbocycles. The average molecular weight is 775 g/mol. The number of ether oxygens (including phenoxy) is 2. The molecular weight excluding hydrogens is 740 g/mol. The van der Waals surface area contributed by atoms with Gasteiger partial charge in [-0.2, -0.15) is 0 Å². The second kappa shape index (κ2) is 24.5. The minimum Gasteiger partial charge on any atom is -0.488 e. The van der Waals surface area contributed by atoms with Crippen molar-refractivity contribution >= 4 is 86.4 Å². The van der Waals surface area contributed by atoms with Gasteiger partial charge in [-0.15, -0.1) is 23.5 Å². The van der Waals surface area contributed by atoms with Crippen molar-refractivity contribution in [1.29, 1.82) is 0 Å². The second-order valence-corrected chi connectivity index (χ2v) is 11.0. The Morgan fingerprint density at radius 3 is 1.45 bits per heavy atom. The molecule has 9 heteroatoms. The number of carbonyl (C=O) groups excluding carboxylic acids is 2. The van der Waals surface area contributed by atoms with Crippen LogP contribution in [0.1, 0.15) is 38.8 Å². The number of thiocarbonyl (C=S) groups is 2. The Bertz CT molecular complexity index is 1470. The molecule has 0 aliphatic carbocycles. The third-order valence-corrected chi connectivity index (χ3v) is 7.58. The van der Waals surface area contributed by atoms with Crippen LogP contribution < -0.4 is 9.47 Å². The van der Waals surface area contributed by atoms with Crippen LogP contribution in [0.5, 0.6) is 11.5 Å². The number of rotatable bonds is 11. The van der Waals surface area contributed by atoms with Gasteiger partial charge in [0.2, 0.25) is 0 Å². The van der Waals surface area contributed by atoms with Crippen LogP contribution in [0.2, 0.25) is 0 Å². The fourth-order valence-electron chi connectivity index (χ4n) is 3.54. The summed E-state index contributed by atoms with van der Waals surface area (Å²) in [5, 5.41) is 0. The second-order valence-electron chi connectivity index (χ2n) is 8.42. The summed E-state index contributed by atoms with van der Waals surface area (Å²) in [4.78, 5) is 25.8. The quantitative estimate of drug-likeness (QED) is 0.0491. The number of thioether (sulfide) groups is 2.